The molecule has 0 saturated carbocycles. The summed E-state index contributed by atoms with van der Waals surface area (Å²) in [6, 6.07) is 4.32. The van der Waals surface area contributed by atoms with Gasteiger partial charge in [-0.1, -0.05) is 47.6 Å². The van der Waals surface area contributed by atoms with E-state index in [4.69, 9.17) is 4.74 Å². The maximum Gasteiger partial charge on any atom is 0.314 e. The summed E-state index contributed by atoms with van der Waals surface area (Å²) >= 11 is 0. The van der Waals surface area contributed by atoms with Gasteiger partial charge in [0.05, 0.1) is 19.7 Å². The van der Waals surface area contributed by atoms with Gasteiger partial charge in [-0.05, 0) is 42.2 Å². The van der Waals surface area contributed by atoms with E-state index in [1.807, 2.05) is 6.92 Å². The first kappa shape index (κ1) is 21.7. The number of carbonyl (C=O) groups is 1. The second-order valence-corrected chi connectivity index (χ2v) is 10.0. The van der Waals surface area contributed by atoms with Gasteiger partial charge in [-0.2, -0.15) is 0 Å². The van der Waals surface area contributed by atoms with E-state index in [0.717, 1.165) is 43.6 Å². The average molecular weight is 377 g/mol. The summed E-state index contributed by atoms with van der Waals surface area (Å²) in [4.78, 5) is 13.5. The summed E-state index contributed by atoms with van der Waals surface area (Å²) < 4.78 is 5.23. The molecule has 152 valence electrons. The molecule has 2 atom stereocenters. The number of piperidine rings is 1. The van der Waals surface area contributed by atoms with Crippen LogP contribution in [0.1, 0.15) is 78.0 Å². The molecule has 0 radical (unpaired) electrons. The molecule has 0 bridgehead atoms. The molecule has 1 fully saturated rings. The molecule has 2 N–H and O–H groups in total. The van der Waals surface area contributed by atoms with Crippen molar-refractivity contribution in [3.8, 4) is 5.75 Å². The summed E-state index contributed by atoms with van der Waals surface area (Å²) in [7, 11) is 0. The number of benzene rings is 1. The zero-order valence-electron chi connectivity index (χ0n) is 18.2. The summed E-state index contributed by atoms with van der Waals surface area (Å²) in [5, 5.41) is 11.0. The summed E-state index contributed by atoms with van der Waals surface area (Å²) in [6.45, 7) is 17.9. The van der Waals surface area contributed by atoms with Gasteiger partial charge in [0.2, 0.25) is 0 Å². The zero-order chi connectivity index (χ0) is 20.4. The van der Waals surface area contributed by atoms with Crippen molar-refractivity contribution in [2.24, 2.45) is 5.92 Å². The van der Waals surface area contributed by atoms with Gasteiger partial charge in [-0.15, -0.1) is 0 Å². The fourth-order valence-electron chi connectivity index (χ4n) is 3.88. The number of likely N-dealkylation sites (tertiary alicyclic amines) is 1. The standard InChI is InChI=1S/C23H37NO3/c1-8-27-21(26)16-10-9-11-24(14-16)15-17-12-18(22(2,3)4)13-19(20(17)25)23(5,6)7/h12-13,16,25H,8-11,14-15H2,1-7H3/p+1/t16-/m1/s1. The van der Waals surface area contributed by atoms with Crippen LogP contribution in [0.3, 0.4) is 0 Å². The molecule has 1 unspecified atom stereocenters. The van der Waals surface area contributed by atoms with Crippen LogP contribution in [-0.4, -0.2) is 30.8 Å². The predicted molar refractivity (Wildman–Crippen MR) is 109 cm³/mol. The highest BCUT2D eigenvalue weighted by molar-refractivity contribution is 5.72. The zero-order valence-corrected chi connectivity index (χ0v) is 18.2. The topological polar surface area (TPSA) is 51.0 Å². The summed E-state index contributed by atoms with van der Waals surface area (Å²) in [6.07, 6.45) is 1.92. The lowest BCUT2D eigenvalue weighted by atomic mass is 9.79. The molecule has 0 aliphatic carbocycles. The Balaban J connectivity index is 2.30. The fourth-order valence-corrected chi connectivity index (χ4v) is 3.88. The van der Waals surface area contributed by atoms with E-state index >= 15 is 0 Å². The predicted octanol–water partition coefficient (Wildman–Crippen LogP) is 3.35. The Morgan fingerprint density at radius 2 is 1.85 bits per heavy atom. The largest absolute Gasteiger partial charge is 0.507 e. The Bertz CT molecular complexity index is 667. The third-order valence-corrected chi connectivity index (χ3v) is 5.54. The van der Waals surface area contributed by atoms with Gasteiger partial charge < -0.3 is 14.7 Å². The Morgan fingerprint density at radius 1 is 1.19 bits per heavy atom. The Labute approximate surface area is 164 Å². The fraction of sp³-hybridized carbons (Fsp3) is 0.696. The van der Waals surface area contributed by atoms with Gasteiger partial charge in [-0.25, -0.2) is 0 Å². The van der Waals surface area contributed by atoms with Crippen molar-refractivity contribution in [3.05, 3.63) is 28.8 Å². The van der Waals surface area contributed by atoms with Crippen molar-refractivity contribution in [1.29, 1.82) is 0 Å². The van der Waals surface area contributed by atoms with Crippen molar-refractivity contribution in [1.82, 2.24) is 0 Å². The molecular weight excluding hydrogens is 338 g/mol. The normalized spacial score (nSPS) is 21.1. The minimum Gasteiger partial charge on any atom is -0.507 e. The smallest absolute Gasteiger partial charge is 0.314 e. The molecule has 2 rings (SSSR count). The van der Waals surface area contributed by atoms with Crippen LogP contribution in [0.2, 0.25) is 0 Å². The van der Waals surface area contributed by atoms with Gasteiger partial charge in [-0.3, -0.25) is 4.79 Å². The second-order valence-electron chi connectivity index (χ2n) is 10.0. The number of hydrogen-bond donors (Lipinski definition) is 2. The van der Waals surface area contributed by atoms with E-state index < -0.39 is 0 Å². The number of esters is 1. The number of phenolic OH excluding ortho intramolecular Hbond substituents is 1. The van der Waals surface area contributed by atoms with E-state index in [9.17, 15) is 9.90 Å². The van der Waals surface area contributed by atoms with Crippen LogP contribution < -0.4 is 4.90 Å². The van der Waals surface area contributed by atoms with Crippen LogP contribution in [0, 0.1) is 5.92 Å². The quantitative estimate of drug-likeness (QED) is 0.793. The van der Waals surface area contributed by atoms with Gasteiger partial charge in [0.1, 0.15) is 18.2 Å². The first-order valence-corrected chi connectivity index (χ1v) is 10.3. The number of nitrogens with one attached hydrogen (secondary N) is 1. The van der Waals surface area contributed by atoms with Crippen LogP contribution in [0.4, 0.5) is 0 Å². The minimum atomic E-state index is -0.120. The number of ether oxygens (including phenoxy) is 1. The summed E-state index contributed by atoms with van der Waals surface area (Å²) in [5.74, 6) is 0.322. The third-order valence-electron chi connectivity index (χ3n) is 5.54. The molecule has 1 heterocycles. The first-order valence-electron chi connectivity index (χ1n) is 10.3. The van der Waals surface area contributed by atoms with Crippen molar-refractivity contribution < 1.29 is 19.5 Å². The second kappa shape index (κ2) is 8.22. The maximum absolute atomic E-state index is 12.1. The van der Waals surface area contributed by atoms with Crippen LogP contribution >= 0.6 is 0 Å². The number of aromatic hydroxyl groups is 1. The van der Waals surface area contributed by atoms with Gasteiger partial charge >= 0.3 is 5.97 Å². The number of quaternary nitrogens is 1. The molecule has 4 nitrogen and oxygen atoms in total. The maximum atomic E-state index is 12.1. The van der Waals surface area contributed by atoms with Crippen molar-refractivity contribution in [2.75, 3.05) is 19.7 Å². The molecule has 1 aliphatic heterocycles. The molecule has 1 aromatic rings. The molecule has 4 heteroatoms. The molecule has 0 spiro atoms. The Morgan fingerprint density at radius 3 is 2.41 bits per heavy atom. The van der Waals surface area contributed by atoms with Crippen molar-refractivity contribution in [3.63, 3.8) is 0 Å². The average Bonchev–Trinajstić information content (AvgIpc) is 2.55. The number of hydrogen-bond acceptors (Lipinski definition) is 3. The highest BCUT2D eigenvalue weighted by Gasteiger charge is 2.31. The number of phenols is 1. The van der Waals surface area contributed by atoms with Gasteiger partial charge in [0.15, 0.2) is 0 Å². The van der Waals surface area contributed by atoms with Gasteiger partial charge in [0, 0.05) is 11.1 Å². The van der Waals surface area contributed by atoms with Crippen molar-refractivity contribution >= 4 is 5.97 Å². The first-order chi connectivity index (χ1) is 12.4. The van der Waals surface area contributed by atoms with E-state index in [1.54, 1.807) is 0 Å². The molecule has 1 saturated heterocycles. The molecule has 0 aromatic heterocycles. The van der Waals surface area contributed by atoms with Gasteiger partial charge in [0.25, 0.3) is 0 Å². The molecule has 27 heavy (non-hydrogen) atoms. The molecule has 1 aliphatic rings. The van der Waals surface area contributed by atoms with Crippen LogP contribution in [0.15, 0.2) is 12.1 Å². The van der Waals surface area contributed by atoms with E-state index in [-0.39, 0.29) is 22.7 Å². The van der Waals surface area contributed by atoms with Crippen LogP contribution in [-0.2, 0) is 26.9 Å². The van der Waals surface area contributed by atoms with Crippen LogP contribution in [0.25, 0.3) is 0 Å². The lowest BCUT2D eigenvalue weighted by Gasteiger charge is -2.31. The van der Waals surface area contributed by atoms with E-state index in [0.29, 0.717) is 12.4 Å². The highest BCUT2D eigenvalue weighted by Crippen LogP contribution is 2.37. The Hall–Kier alpha value is -1.55. The highest BCUT2D eigenvalue weighted by atomic mass is 16.5. The SMILES string of the molecule is CCOC(=O)[C@@H]1CCC[NH+](Cc2cc(C(C)(C)C)cc(C(C)(C)C)c2O)C1. The third kappa shape index (κ3) is 5.47. The van der Waals surface area contributed by atoms with E-state index in [1.165, 1.54) is 10.5 Å². The summed E-state index contributed by atoms with van der Waals surface area (Å²) in [5.41, 5.74) is 3.14. The number of rotatable bonds is 4. The Kier molecular flexibility index (Phi) is 6.62. The van der Waals surface area contributed by atoms with E-state index in [2.05, 4.69) is 53.7 Å². The van der Waals surface area contributed by atoms with Crippen LogP contribution in [0.5, 0.6) is 5.75 Å². The minimum absolute atomic E-state index is 0.0210. The molecule has 0 amide bonds. The lowest BCUT2D eigenvalue weighted by Crippen LogP contribution is -3.12. The molecular formula is C23H38NO3+. The molecule has 1 aromatic carbocycles. The monoisotopic (exact) mass is 376 g/mol. The van der Waals surface area contributed by atoms with Crippen molar-refractivity contribution in [2.45, 2.75) is 78.7 Å². The lowest BCUT2D eigenvalue weighted by molar-refractivity contribution is -0.921. The number of carbonyl (C=O) groups excluding carboxylic acids is 1.